The van der Waals surface area contributed by atoms with E-state index in [9.17, 15) is 13.2 Å². The molecule has 0 bridgehead atoms. The summed E-state index contributed by atoms with van der Waals surface area (Å²) < 4.78 is 27.6. The summed E-state index contributed by atoms with van der Waals surface area (Å²) in [7, 11) is -3.93. The first-order valence-electron chi connectivity index (χ1n) is 3.37. The number of hydrogen-bond donors (Lipinski definition) is 1. The van der Waals surface area contributed by atoms with Gasteiger partial charge in [-0.25, -0.2) is 4.79 Å². The minimum Gasteiger partial charge on any atom is -0.330 e. The Morgan fingerprint density at radius 1 is 1.67 bits per heavy atom. The van der Waals surface area contributed by atoms with Gasteiger partial charge >= 0.3 is 16.3 Å². The van der Waals surface area contributed by atoms with Gasteiger partial charge in [0.25, 0.3) is 0 Å². The van der Waals surface area contributed by atoms with E-state index in [-0.39, 0.29) is 6.54 Å². The minimum atomic E-state index is -3.93. The van der Waals surface area contributed by atoms with Gasteiger partial charge < -0.3 is 4.18 Å². The van der Waals surface area contributed by atoms with E-state index in [1.54, 1.807) is 6.92 Å². The van der Waals surface area contributed by atoms with Crippen LogP contribution in [0.3, 0.4) is 0 Å². The van der Waals surface area contributed by atoms with Crippen molar-refractivity contribution < 1.29 is 17.4 Å². The number of nitrogens with one attached hydrogen (secondary N) is 1. The van der Waals surface area contributed by atoms with Gasteiger partial charge in [-0.15, -0.1) is 0 Å². The Balaban J connectivity index is 4.05. The summed E-state index contributed by atoms with van der Waals surface area (Å²) in [6.45, 7) is 5.09. The highest BCUT2D eigenvalue weighted by molar-refractivity contribution is 7.85. The van der Waals surface area contributed by atoms with Crippen molar-refractivity contribution in [2.75, 3.05) is 6.54 Å². The molecule has 0 aliphatic heterocycles. The molecule has 0 atom stereocenters. The second kappa shape index (κ2) is 4.89. The zero-order valence-corrected chi connectivity index (χ0v) is 7.56. The van der Waals surface area contributed by atoms with Crippen LogP contribution in [-0.4, -0.2) is 20.9 Å². The van der Waals surface area contributed by atoms with Crippen LogP contribution in [0.4, 0.5) is 0 Å². The van der Waals surface area contributed by atoms with Gasteiger partial charge in [0.05, 0.1) is 0 Å². The fourth-order valence-corrected chi connectivity index (χ4v) is 1.20. The van der Waals surface area contributed by atoms with E-state index < -0.39 is 16.3 Å². The first-order valence-corrected chi connectivity index (χ1v) is 4.78. The van der Waals surface area contributed by atoms with Crippen molar-refractivity contribution in [2.45, 2.75) is 13.3 Å². The van der Waals surface area contributed by atoms with Crippen LogP contribution >= 0.6 is 0 Å². The van der Waals surface area contributed by atoms with Crippen LogP contribution in [0.5, 0.6) is 0 Å². The van der Waals surface area contributed by atoms with Crippen molar-refractivity contribution in [1.82, 2.24) is 4.72 Å². The molecule has 0 aromatic heterocycles. The van der Waals surface area contributed by atoms with Crippen LogP contribution in [-0.2, 0) is 19.3 Å². The molecule has 0 aliphatic rings. The van der Waals surface area contributed by atoms with Crippen LogP contribution < -0.4 is 4.72 Å². The van der Waals surface area contributed by atoms with Gasteiger partial charge in [0.1, 0.15) is 0 Å². The van der Waals surface area contributed by atoms with Crippen LogP contribution in [0.25, 0.3) is 0 Å². The molecule has 0 unspecified atom stereocenters. The topological polar surface area (TPSA) is 72.5 Å². The highest BCUT2D eigenvalue weighted by atomic mass is 32.2. The molecule has 0 aromatic carbocycles. The van der Waals surface area contributed by atoms with Crippen LogP contribution in [0.15, 0.2) is 12.7 Å². The molecule has 0 fully saturated rings. The lowest BCUT2D eigenvalue weighted by molar-refractivity contribution is -0.128. The van der Waals surface area contributed by atoms with Crippen molar-refractivity contribution in [1.29, 1.82) is 0 Å². The SMILES string of the molecule is C=CC(=O)OS(=O)(=O)NCCC. The van der Waals surface area contributed by atoms with Crippen molar-refractivity contribution >= 4 is 16.3 Å². The molecule has 6 heteroatoms. The van der Waals surface area contributed by atoms with E-state index in [2.05, 4.69) is 15.5 Å². The second-order valence-electron chi connectivity index (χ2n) is 1.95. The Morgan fingerprint density at radius 3 is 2.67 bits per heavy atom. The Bertz CT molecular complexity index is 257. The van der Waals surface area contributed by atoms with E-state index in [4.69, 9.17) is 0 Å². The Hall–Kier alpha value is -0.880. The molecule has 1 N–H and O–H groups in total. The van der Waals surface area contributed by atoms with E-state index >= 15 is 0 Å². The normalized spacial score (nSPS) is 10.8. The summed E-state index contributed by atoms with van der Waals surface area (Å²) in [5, 5.41) is 0. The first kappa shape index (κ1) is 11.1. The molecule has 0 radical (unpaired) electrons. The number of carbonyl (C=O) groups excluding carboxylic acids is 1. The molecule has 0 aliphatic carbocycles. The summed E-state index contributed by atoms with van der Waals surface area (Å²) in [4.78, 5) is 10.4. The molecule has 0 aromatic rings. The smallest absolute Gasteiger partial charge is 0.330 e. The third-order valence-electron chi connectivity index (χ3n) is 0.887. The predicted octanol–water partition coefficient (Wildman–Crippen LogP) is -0.0400. The van der Waals surface area contributed by atoms with Crippen LogP contribution in [0.1, 0.15) is 13.3 Å². The Morgan fingerprint density at radius 2 is 2.25 bits per heavy atom. The number of hydrogen-bond acceptors (Lipinski definition) is 4. The fraction of sp³-hybridized carbons (Fsp3) is 0.500. The van der Waals surface area contributed by atoms with E-state index in [1.807, 2.05) is 0 Å². The highest BCUT2D eigenvalue weighted by Gasteiger charge is 2.12. The van der Waals surface area contributed by atoms with Gasteiger partial charge in [-0.2, -0.15) is 13.1 Å². The molecule has 12 heavy (non-hydrogen) atoms. The molecule has 0 saturated heterocycles. The van der Waals surface area contributed by atoms with Gasteiger partial charge in [0.2, 0.25) is 0 Å². The van der Waals surface area contributed by atoms with Crippen molar-refractivity contribution in [3.63, 3.8) is 0 Å². The molecule has 5 nitrogen and oxygen atoms in total. The van der Waals surface area contributed by atoms with Gasteiger partial charge in [0, 0.05) is 12.6 Å². The van der Waals surface area contributed by atoms with Crippen LogP contribution in [0.2, 0.25) is 0 Å². The van der Waals surface area contributed by atoms with E-state index in [1.165, 1.54) is 0 Å². The van der Waals surface area contributed by atoms with E-state index in [0.29, 0.717) is 6.42 Å². The molecule has 0 spiro atoms. The standard InChI is InChI=1S/C6H11NO4S/c1-3-5-7-12(9,10)11-6(8)4-2/h4,7H,2-3,5H2,1H3. The summed E-state index contributed by atoms with van der Waals surface area (Å²) in [6.07, 6.45) is 1.41. The zero-order valence-electron chi connectivity index (χ0n) is 6.74. The summed E-state index contributed by atoms with van der Waals surface area (Å²) >= 11 is 0. The Kier molecular flexibility index (Phi) is 4.53. The Labute approximate surface area is 71.7 Å². The lowest BCUT2D eigenvalue weighted by Gasteiger charge is -2.02. The minimum absolute atomic E-state index is 0.243. The molecule has 0 heterocycles. The maximum Gasteiger partial charge on any atom is 0.385 e. The van der Waals surface area contributed by atoms with E-state index in [0.717, 1.165) is 6.08 Å². The molecular formula is C6H11NO4S. The van der Waals surface area contributed by atoms with Crippen molar-refractivity contribution in [2.24, 2.45) is 0 Å². The second-order valence-corrected chi connectivity index (χ2v) is 3.32. The lowest BCUT2D eigenvalue weighted by atomic mass is 10.5. The molecule has 0 amide bonds. The zero-order chi connectivity index (χ0) is 9.61. The van der Waals surface area contributed by atoms with Crippen molar-refractivity contribution in [3.8, 4) is 0 Å². The number of rotatable bonds is 5. The monoisotopic (exact) mass is 193 g/mol. The third kappa shape index (κ3) is 4.86. The van der Waals surface area contributed by atoms with Gasteiger partial charge in [-0.3, -0.25) is 0 Å². The summed E-state index contributed by atoms with van der Waals surface area (Å²) in [5.74, 6) is -0.987. The van der Waals surface area contributed by atoms with Gasteiger partial charge in [0.15, 0.2) is 0 Å². The van der Waals surface area contributed by atoms with Crippen LogP contribution in [0, 0.1) is 0 Å². The predicted molar refractivity (Wildman–Crippen MR) is 43.5 cm³/mol. The van der Waals surface area contributed by atoms with Gasteiger partial charge in [-0.05, 0) is 6.42 Å². The lowest BCUT2D eigenvalue weighted by Crippen LogP contribution is -2.28. The fourth-order valence-electron chi connectivity index (χ4n) is 0.399. The molecular weight excluding hydrogens is 182 g/mol. The van der Waals surface area contributed by atoms with Crippen molar-refractivity contribution in [3.05, 3.63) is 12.7 Å². The van der Waals surface area contributed by atoms with Gasteiger partial charge in [-0.1, -0.05) is 13.5 Å². The summed E-state index contributed by atoms with van der Waals surface area (Å²) in [5.41, 5.74) is 0. The average molecular weight is 193 g/mol. The third-order valence-corrected chi connectivity index (χ3v) is 1.83. The average Bonchev–Trinajstić information content (AvgIpc) is 2.00. The summed E-state index contributed by atoms with van der Waals surface area (Å²) in [6, 6.07) is 0. The maximum absolute atomic E-state index is 10.8. The molecule has 0 saturated carbocycles. The molecule has 70 valence electrons. The highest BCUT2D eigenvalue weighted by Crippen LogP contribution is 1.89. The number of carbonyl (C=O) groups is 1. The largest absolute Gasteiger partial charge is 0.385 e. The first-order chi connectivity index (χ1) is 5.52. The quantitative estimate of drug-likeness (QED) is 0.622. The maximum atomic E-state index is 10.8. The molecule has 0 rings (SSSR count).